The third-order valence-electron chi connectivity index (χ3n) is 5.87. The minimum Gasteiger partial charge on any atom is -0.358 e. The van der Waals surface area contributed by atoms with Crippen molar-refractivity contribution in [2.45, 2.75) is 43.5 Å². The average molecular weight is 415 g/mol. The maximum atomic E-state index is 13.0. The Hall–Kier alpha value is -1.73. The second-order valence-electron chi connectivity index (χ2n) is 7.70. The van der Waals surface area contributed by atoms with Gasteiger partial charge < -0.3 is 14.6 Å². The number of benzene rings is 1. The molecule has 1 N–H and O–H groups in total. The molecule has 0 bridgehead atoms. The lowest BCUT2D eigenvalue weighted by molar-refractivity contribution is -0.185. The Balaban J connectivity index is 1.47. The zero-order valence-electron chi connectivity index (χ0n) is 15.2. The molecular weight excluding hydrogens is 393 g/mol. The first-order chi connectivity index (χ1) is 13.3. The van der Waals surface area contributed by atoms with Gasteiger partial charge in [0.15, 0.2) is 5.56 Å². The van der Waals surface area contributed by atoms with Crippen molar-refractivity contribution in [3.8, 4) is 0 Å². The number of hydrogen-bond acceptors (Lipinski definition) is 2. The van der Waals surface area contributed by atoms with Crippen molar-refractivity contribution in [1.29, 1.82) is 0 Å². The number of carbonyl (C=O) groups is 1. The maximum Gasteiger partial charge on any atom is 0.391 e. The first kappa shape index (κ1) is 19.6. The van der Waals surface area contributed by atoms with Crippen LogP contribution in [0, 0.1) is 11.8 Å². The van der Waals surface area contributed by atoms with Crippen molar-refractivity contribution in [2.24, 2.45) is 11.8 Å². The number of fused-ring (bicyclic) bond motifs is 1. The molecule has 1 aliphatic carbocycles. The zero-order valence-corrected chi connectivity index (χ0v) is 16.0. The number of aromatic nitrogens is 1. The number of rotatable bonds is 4. The van der Waals surface area contributed by atoms with E-state index in [-0.39, 0.29) is 37.3 Å². The van der Waals surface area contributed by atoms with E-state index in [9.17, 15) is 18.0 Å². The lowest BCUT2D eigenvalue weighted by Crippen LogP contribution is -2.37. The predicted octanol–water partition coefficient (Wildman–Crippen LogP) is 4.88. The molecule has 2 aromatic rings. The van der Waals surface area contributed by atoms with Crippen molar-refractivity contribution in [2.75, 3.05) is 13.2 Å². The van der Waals surface area contributed by atoms with E-state index in [0.29, 0.717) is 25.0 Å². The van der Waals surface area contributed by atoms with Gasteiger partial charge in [-0.05, 0) is 31.2 Å². The highest BCUT2D eigenvalue weighted by atomic mass is 35.5. The summed E-state index contributed by atoms with van der Waals surface area (Å²) in [6, 6.07) is 7.49. The van der Waals surface area contributed by atoms with Crippen LogP contribution in [-0.4, -0.2) is 35.4 Å². The summed E-state index contributed by atoms with van der Waals surface area (Å²) in [4.78, 5) is 12.8. The molecule has 0 radical (unpaired) electrons. The molecule has 4 atom stereocenters. The Morgan fingerprint density at radius 1 is 1.29 bits per heavy atom. The van der Waals surface area contributed by atoms with Gasteiger partial charge in [0.05, 0.1) is 24.1 Å². The zero-order chi connectivity index (χ0) is 19.9. The number of para-hydroxylation sites is 1. The van der Waals surface area contributed by atoms with E-state index in [1.165, 1.54) is 0 Å². The van der Waals surface area contributed by atoms with Crippen LogP contribution < -0.4 is 5.32 Å². The standard InChI is InChI=1S/C20H22ClF3N2O2/c21-18-17(11-28-18)26-10-15(14-6-1-2-7-16(14)26)19(27)25-9-12-4-3-5-13(8-12)20(22,23)24/h1-2,6-7,10,12-13,17-18H,3-5,8-9,11H2,(H,25,27). The van der Waals surface area contributed by atoms with Crippen LogP contribution >= 0.6 is 11.6 Å². The van der Waals surface area contributed by atoms with Gasteiger partial charge in [-0.1, -0.05) is 36.2 Å². The van der Waals surface area contributed by atoms with E-state index >= 15 is 0 Å². The molecule has 152 valence electrons. The smallest absolute Gasteiger partial charge is 0.358 e. The molecule has 1 aromatic carbocycles. The Morgan fingerprint density at radius 2 is 2.07 bits per heavy atom. The summed E-state index contributed by atoms with van der Waals surface area (Å²) in [5.74, 6) is -1.68. The fraction of sp³-hybridized carbons (Fsp3) is 0.550. The molecule has 2 fully saturated rings. The Morgan fingerprint density at radius 3 is 2.75 bits per heavy atom. The molecule has 1 saturated carbocycles. The molecule has 1 saturated heterocycles. The van der Waals surface area contributed by atoms with Gasteiger partial charge in [-0.3, -0.25) is 4.79 Å². The molecular formula is C20H22ClF3N2O2. The van der Waals surface area contributed by atoms with Gasteiger partial charge in [0.25, 0.3) is 5.91 Å². The Kier molecular flexibility index (Phi) is 5.31. The number of halogens is 4. The molecule has 1 amide bonds. The van der Waals surface area contributed by atoms with E-state index in [1.54, 1.807) is 6.20 Å². The highest BCUT2D eigenvalue weighted by Crippen LogP contribution is 2.40. The molecule has 1 aromatic heterocycles. The van der Waals surface area contributed by atoms with Crippen LogP contribution in [0.1, 0.15) is 42.1 Å². The molecule has 4 nitrogen and oxygen atoms in total. The number of amides is 1. The molecule has 4 rings (SSSR count). The summed E-state index contributed by atoms with van der Waals surface area (Å²) in [7, 11) is 0. The van der Waals surface area contributed by atoms with Crippen molar-refractivity contribution in [3.63, 3.8) is 0 Å². The molecule has 4 unspecified atom stereocenters. The van der Waals surface area contributed by atoms with E-state index in [0.717, 1.165) is 10.9 Å². The van der Waals surface area contributed by atoms with Crippen molar-refractivity contribution in [1.82, 2.24) is 9.88 Å². The summed E-state index contributed by atoms with van der Waals surface area (Å²) < 4.78 is 46.2. The first-order valence-corrected chi connectivity index (χ1v) is 9.98. The van der Waals surface area contributed by atoms with Crippen LogP contribution in [-0.2, 0) is 4.74 Å². The second-order valence-corrected chi connectivity index (χ2v) is 8.13. The molecule has 0 spiro atoms. The molecule has 2 heterocycles. The fourth-order valence-electron chi connectivity index (χ4n) is 4.23. The molecule has 1 aliphatic heterocycles. The van der Waals surface area contributed by atoms with Crippen molar-refractivity contribution < 1.29 is 22.7 Å². The van der Waals surface area contributed by atoms with Gasteiger partial charge in [0.2, 0.25) is 0 Å². The minimum absolute atomic E-state index is 0.0426. The normalized spacial score (nSPS) is 28.1. The monoisotopic (exact) mass is 414 g/mol. The van der Waals surface area contributed by atoms with Gasteiger partial charge in [-0.15, -0.1) is 0 Å². The summed E-state index contributed by atoms with van der Waals surface area (Å²) in [6.45, 7) is 0.740. The highest BCUT2D eigenvalue weighted by molar-refractivity contribution is 6.20. The van der Waals surface area contributed by atoms with Gasteiger partial charge >= 0.3 is 6.18 Å². The van der Waals surface area contributed by atoms with Gasteiger partial charge in [-0.25, -0.2) is 0 Å². The van der Waals surface area contributed by atoms with E-state index in [4.69, 9.17) is 16.3 Å². The minimum atomic E-state index is -4.15. The van der Waals surface area contributed by atoms with E-state index in [1.807, 2.05) is 28.8 Å². The average Bonchev–Trinajstić information content (AvgIpc) is 3.04. The van der Waals surface area contributed by atoms with E-state index < -0.39 is 17.7 Å². The van der Waals surface area contributed by atoms with Gasteiger partial charge in [-0.2, -0.15) is 13.2 Å². The van der Waals surface area contributed by atoms with Crippen molar-refractivity contribution >= 4 is 28.4 Å². The van der Waals surface area contributed by atoms with Crippen LogP contribution in [0.3, 0.4) is 0 Å². The van der Waals surface area contributed by atoms with Gasteiger partial charge in [0, 0.05) is 23.6 Å². The maximum absolute atomic E-state index is 13.0. The summed E-state index contributed by atoms with van der Waals surface area (Å²) in [5.41, 5.74) is 0.962. The lowest BCUT2D eigenvalue weighted by atomic mass is 9.81. The molecule has 2 aliphatic rings. The summed E-state index contributed by atoms with van der Waals surface area (Å²) >= 11 is 6.12. The van der Waals surface area contributed by atoms with Crippen LogP contribution in [0.5, 0.6) is 0 Å². The first-order valence-electron chi connectivity index (χ1n) is 9.54. The predicted molar refractivity (Wildman–Crippen MR) is 100 cm³/mol. The fourth-order valence-corrected chi connectivity index (χ4v) is 4.49. The number of carbonyl (C=O) groups excluding carboxylic acids is 1. The summed E-state index contributed by atoms with van der Waals surface area (Å²) in [5, 5.41) is 3.65. The van der Waals surface area contributed by atoms with Crippen LogP contribution in [0.4, 0.5) is 13.2 Å². The number of nitrogens with zero attached hydrogens (tertiary/aromatic N) is 1. The van der Waals surface area contributed by atoms with Crippen LogP contribution in [0.15, 0.2) is 30.5 Å². The molecule has 28 heavy (non-hydrogen) atoms. The number of nitrogens with one attached hydrogen (secondary N) is 1. The third kappa shape index (κ3) is 3.74. The lowest BCUT2D eigenvalue weighted by Gasteiger charge is -2.33. The second kappa shape index (κ2) is 7.59. The quantitative estimate of drug-likeness (QED) is 0.725. The highest BCUT2D eigenvalue weighted by Gasteiger charge is 2.42. The van der Waals surface area contributed by atoms with Crippen LogP contribution in [0.2, 0.25) is 0 Å². The number of ether oxygens (including phenoxy) is 1. The van der Waals surface area contributed by atoms with Crippen LogP contribution in [0.25, 0.3) is 10.9 Å². The largest absolute Gasteiger partial charge is 0.391 e. The Labute approximate surface area is 166 Å². The SMILES string of the molecule is O=C(NCC1CCCC(C(F)(F)F)C1)c1cn(C2COC2Cl)c2ccccc12. The van der Waals surface area contributed by atoms with E-state index in [2.05, 4.69) is 5.32 Å². The Bertz CT molecular complexity index is 867. The third-order valence-corrected chi connectivity index (χ3v) is 6.29. The summed E-state index contributed by atoms with van der Waals surface area (Å²) in [6.07, 6.45) is -0.866. The number of alkyl halides is 4. The topological polar surface area (TPSA) is 43.3 Å². The number of hydrogen-bond donors (Lipinski definition) is 1. The molecule has 8 heteroatoms. The van der Waals surface area contributed by atoms with Gasteiger partial charge in [0.1, 0.15) is 0 Å². The van der Waals surface area contributed by atoms with Crippen molar-refractivity contribution in [3.05, 3.63) is 36.0 Å².